The van der Waals surface area contributed by atoms with Gasteiger partial charge in [0.2, 0.25) is 0 Å². The number of hydrogen-bond donors (Lipinski definition) is 3. The van der Waals surface area contributed by atoms with Crippen molar-refractivity contribution in [3.05, 3.63) is 65.2 Å². The van der Waals surface area contributed by atoms with Crippen molar-refractivity contribution in [1.29, 1.82) is 0 Å². The zero-order valence-electron chi connectivity index (χ0n) is 14.7. The zero-order chi connectivity index (χ0) is 18.9. The highest BCUT2D eigenvalue weighted by Crippen LogP contribution is 2.12. The van der Waals surface area contributed by atoms with Crippen LogP contribution in [0.15, 0.2) is 48.5 Å². The summed E-state index contributed by atoms with van der Waals surface area (Å²) in [4.78, 5) is 24.2. The largest absolute Gasteiger partial charge is 0.494 e. The van der Waals surface area contributed by atoms with Gasteiger partial charge in [-0.15, -0.1) is 0 Å². The molecule has 2 aromatic carbocycles. The second-order valence-corrected chi connectivity index (χ2v) is 6.01. The molecule has 136 valence electrons. The summed E-state index contributed by atoms with van der Waals surface area (Å²) in [5, 5.41) is 2.51. The summed E-state index contributed by atoms with van der Waals surface area (Å²) in [6.07, 6.45) is 0.913. The fourth-order valence-corrected chi connectivity index (χ4v) is 2.24. The molecule has 0 heterocycles. The lowest BCUT2D eigenvalue weighted by atomic mass is 10.1. The van der Waals surface area contributed by atoms with Gasteiger partial charge in [-0.2, -0.15) is 0 Å². The Kier molecular flexibility index (Phi) is 7.11. The van der Waals surface area contributed by atoms with Gasteiger partial charge in [0.05, 0.1) is 6.61 Å². The summed E-state index contributed by atoms with van der Waals surface area (Å²) in [6, 6.07) is 13.9. The molecule has 0 spiro atoms. The number of aryl methyl sites for hydroxylation is 1. The lowest BCUT2D eigenvalue weighted by Crippen LogP contribution is -2.48. The van der Waals surface area contributed by atoms with Gasteiger partial charge in [-0.05, 0) is 62.0 Å². The lowest BCUT2D eigenvalue weighted by Gasteiger charge is -2.11. The van der Waals surface area contributed by atoms with E-state index in [-0.39, 0.29) is 16.9 Å². The van der Waals surface area contributed by atoms with Crippen molar-refractivity contribution in [3.8, 4) is 5.75 Å². The Morgan fingerprint density at radius 3 is 2.38 bits per heavy atom. The van der Waals surface area contributed by atoms with Crippen LogP contribution in [0.4, 0.5) is 0 Å². The minimum absolute atomic E-state index is 0.00214. The highest BCUT2D eigenvalue weighted by Gasteiger charge is 2.10. The molecule has 6 nitrogen and oxygen atoms in total. The second-order valence-electron chi connectivity index (χ2n) is 5.60. The maximum absolute atomic E-state index is 12.1. The van der Waals surface area contributed by atoms with Crippen molar-refractivity contribution >= 4 is 29.1 Å². The molecule has 0 aromatic heterocycles. The predicted octanol–water partition coefficient (Wildman–Crippen LogP) is 2.73. The van der Waals surface area contributed by atoms with E-state index in [0.717, 1.165) is 12.0 Å². The summed E-state index contributed by atoms with van der Waals surface area (Å²) in [6.45, 7) is 4.54. The van der Waals surface area contributed by atoms with E-state index in [9.17, 15) is 9.59 Å². The third-order valence-electron chi connectivity index (χ3n) is 3.39. The Hall–Kier alpha value is -2.93. The molecule has 2 amide bonds. The van der Waals surface area contributed by atoms with Gasteiger partial charge in [0.25, 0.3) is 11.8 Å². The van der Waals surface area contributed by atoms with Gasteiger partial charge in [0, 0.05) is 11.1 Å². The van der Waals surface area contributed by atoms with Gasteiger partial charge in [0.1, 0.15) is 5.75 Å². The third-order valence-corrected chi connectivity index (χ3v) is 3.59. The van der Waals surface area contributed by atoms with E-state index >= 15 is 0 Å². The summed E-state index contributed by atoms with van der Waals surface area (Å²) >= 11 is 5.03. The zero-order valence-corrected chi connectivity index (χ0v) is 15.5. The number of carbonyl (C=O) groups is 2. The van der Waals surface area contributed by atoms with Gasteiger partial charge >= 0.3 is 0 Å². The van der Waals surface area contributed by atoms with Crippen molar-refractivity contribution < 1.29 is 14.3 Å². The Bertz CT molecular complexity index is 791. The summed E-state index contributed by atoms with van der Waals surface area (Å²) in [5.41, 5.74) is 6.87. The van der Waals surface area contributed by atoms with Crippen molar-refractivity contribution in [3.63, 3.8) is 0 Å². The van der Waals surface area contributed by atoms with Crippen LogP contribution >= 0.6 is 12.2 Å². The smallest absolute Gasteiger partial charge is 0.269 e. The van der Waals surface area contributed by atoms with Crippen LogP contribution in [0.1, 0.15) is 39.6 Å². The molecule has 0 aliphatic heterocycles. The van der Waals surface area contributed by atoms with Crippen molar-refractivity contribution in [2.45, 2.75) is 20.3 Å². The first-order valence-electron chi connectivity index (χ1n) is 8.21. The van der Waals surface area contributed by atoms with Crippen LogP contribution in [0.3, 0.4) is 0 Å². The minimum atomic E-state index is -0.380. The van der Waals surface area contributed by atoms with Gasteiger partial charge < -0.3 is 4.74 Å². The first-order valence-corrected chi connectivity index (χ1v) is 8.61. The Morgan fingerprint density at radius 1 is 1.00 bits per heavy atom. The maximum atomic E-state index is 12.1. The Balaban J connectivity index is 1.83. The van der Waals surface area contributed by atoms with Crippen LogP contribution in [0.2, 0.25) is 0 Å². The number of hydrogen-bond acceptors (Lipinski definition) is 4. The first-order chi connectivity index (χ1) is 12.5. The third kappa shape index (κ3) is 5.86. The molecule has 0 atom stereocenters. The van der Waals surface area contributed by atoms with Crippen LogP contribution in [0.25, 0.3) is 0 Å². The van der Waals surface area contributed by atoms with Crippen LogP contribution in [-0.4, -0.2) is 23.5 Å². The standard InChI is InChI=1S/C19H21N3O3S/c1-3-11-25-16-9-7-14(8-10-16)17(23)20-19(26)22-21-18(24)15-6-4-5-13(2)12-15/h4-10,12H,3,11H2,1-2H3,(H,21,24)(H2,20,22,23,26). The topological polar surface area (TPSA) is 79.5 Å². The van der Waals surface area contributed by atoms with E-state index in [1.807, 2.05) is 19.9 Å². The van der Waals surface area contributed by atoms with Crippen molar-refractivity contribution in [1.82, 2.24) is 16.2 Å². The Morgan fingerprint density at radius 2 is 1.73 bits per heavy atom. The molecule has 7 heteroatoms. The van der Waals surface area contributed by atoms with E-state index in [4.69, 9.17) is 17.0 Å². The van der Waals surface area contributed by atoms with Gasteiger partial charge in [0.15, 0.2) is 5.11 Å². The van der Waals surface area contributed by atoms with E-state index < -0.39 is 0 Å². The van der Waals surface area contributed by atoms with Crippen molar-refractivity contribution in [2.24, 2.45) is 0 Å². The molecule has 2 rings (SSSR count). The van der Waals surface area contributed by atoms with E-state index in [1.165, 1.54) is 0 Å². The predicted molar refractivity (Wildman–Crippen MR) is 104 cm³/mol. The van der Waals surface area contributed by atoms with Gasteiger partial charge in [-0.3, -0.25) is 25.8 Å². The number of benzene rings is 2. The molecule has 26 heavy (non-hydrogen) atoms. The number of amides is 2. The highest BCUT2D eigenvalue weighted by molar-refractivity contribution is 7.80. The molecule has 3 N–H and O–H groups in total. The molecule has 0 aliphatic carbocycles. The monoisotopic (exact) mass is 371 g/mol. The molecule has 0 aliphatic rings. The molecule has 0 saturated carbocycles. The second kappa shape index (κ2) is 9.53. The number of rotatable bonds is 5. The van der Waals surface area contributed by atoms with Gasteiger partial charge in [-0.25, -0.2) is 0 Å². The van der Waals surface area contributed by atoms with Crippen LogP contribution < -0.4 is 20.9 Å². The number of nitrogens with one attached hydrogen (secondary N) is 3. The fourth-order valence-electron chi connectivity index (χ4n) is 2.10. The molecule has 0 radical (unpaired) electrons. The average molecular weight is 371 g/mol. The summed E-state index contributed by atoms with van der Waals surface area (Å²) in [5.74, 6) is -0.0217. The molecule has 0 fully saturated rings. The number of carbonyl (C=O) groups excluding carboxylic acids is 2. The van der Waals surface area contributed by atoms with Crippen LogP contribution in [-0.2, 0) is 0 Å². The van der Waals surface area contributed by atoms with Gasteiger partial charge in [-0.1, -0.05) is 24.6 Å². The number of thiocarbonyl (C=S) groups is 1. The SMILES string of the molecule is CCCOc1ccc(C(=O)NC(=S)NNC(=O)c2cccc(C)c2)cc1. The maximum Gasteiger partial charge on any atom is 0.269 e. The molecular weight excluding hydrogens is 350 g/mol. The van der Waals surface area contributed by atoms with Crippen LogP contribution in [0, 0.1) is 6.92 Å². The summed E-state index contributed by atoms with van der Waals surface area (Å²) in [7, 11) is 0. The number of ether oxygens (including phenoxy) is 1. The minimum Gasteiger partial charge on any atom is -0.494 e. The summed E-state index contributed by atoms with van der Waals surface area (Å²) < 4.78 is 5.47. The van der Waals surface area contributed by atoms with Crippen LogP contribution in [0.5, 0.6) is 5.75 Å². The normalized spacial score (nSPS) is 9.92. The van der Waals surface area contributed by atoms with E-state index in [0.29, 0.717) is 23.5 Å². The van der Waals surface area contributed by atoms with Crippen molar-refractivity contribution in [2.75, 3.05) is 6.61 Å². The molecular formula is C19H21N3O3S. The molecule has 2 aromatic rings. The molecule has 0 bridgehead atoms. The quantitative estimate of drug-likeness (QED) is 0.556. The number of hydrazine groups is 1. The fraction of sp³-hybridized carbons (Fsp3) is 0.211. The average Bonchev–Trinajstić information content (AvgIpc) is 2.64. The molecule has 0 saturated heterocycles. The Labute approximate surface area is 157 Å². The lowest BCUT2D eigenvalue weighted by molar-refractivity contribution is 0.0934. The van der Waals surface area contributed by atoms with E-state index in [2.05, 4.69) is 16.2 Å². The molecule has 0 unspecified atom stereocenters. The first kappa shape index (κ1) is 19.4. The van der Waals surface area contributed by atoms with E-state index in [1.54, 1.807) is 42.5 Å². The highest BCUT2D eigenvalue weighted by atomic mass is 32.1.